The number of carbonyl (C=O) groups is 3. The van der Waals surface area contributed by atoms with E-state index in [1.54, 1.807) is 36.4 Å². The van der Waals surface area contributed by atoms with E-state index < -0.39 is 28.5 Å². The number of rotatable bonds is 13. The number of Topliss-reactive ketones (excluding diaryl/α,β-unsaturated/α-hetero) is 1. The van der Waals surface area contributed by atoms with E-state index in [-0.39, 0.29) is 36.3 Å². The van der Waals surface area contributed by atoms with Crippen LogP contribution in [0.25, 0.3) is 0 Å². The number of amides is 2. The van der Waals surface area contributed by atoms with Crippen LogP contribution in [0.4, 0.5) is 5.69 Å². The van der Waals surface area contributed by atoms with Crippen LogP contribution in [0.3, 0.4) is 0 Å². The summed E-state index contributed by atoms with van der Waals surface area (Å²) in [5.41, 5.74) is 2.07. The number of anilines is 1. The molecule has 1 atom stereocenters. The van der Waals surface area contributed by atoms with Crippen molar-refractivity contribution in [3.63, 3.8) is 0 Å². The molecule has 10 heteroatoms. The van der Waals surface area contributed by atoms with E-state index in [0.717, 1.165) is 21.7 Å². The summed E-state index contributed by atoms with van der Waals surface area (Å²) in [5, 5.41) is 3.47. The van der Waals surface area contributed by atoms with Crippen LogP contribution in [0.15, 0.2) is 78.9 Å². The van der Waals surface area contributed by atoms with Crippen LogP contribution in [0.2, 0.25) is 5.02 Å². The van der Waals surface area contributed by atoms with Crippen molar-refractivity contribution in [3.8, 4) is 0 Å². The molecule has 41 heavy (non-hydrogen) atoms. The van der Waals surface area contributed by atoms with Crippen LogP contribution in [0, 0.1) is 5.92 Å². The second-order valence-electron chi connectivity index (χ2n) is 10.4. The lowest BCUT2D eigenvalue weighted by atomic mass is 10.0. The molecular weight excluding hydrogens is 562 g/mol. The Hall–Kier alpha value is -3.69. The Morgan fingerprint density at radius 3 is 2.15 bits per heavy atom. The number of hydrogen-bond donors (Lipinski definition) is 1. The summed E-state index contributed by atoms with van der Waals surface area (Å²) in [5.74, 6) is -0.958. The van der Waals surface area contributed by atoms with Gasteiger partial charge < -0.3 is 10.2 Å². The van der Waals surface area contributed by atoms with Crippen molar-refractivity contribution < 1.29 is 22.8 Å². The zero-order chi connectivity index (χ0) is 30.2. The van der Waals surface area contributed by atoms with Crippen molar-refractivity contribution in [2.24, 2.45) is 5.92 Å². The fourth-order valence-electron chi connectivity index (χ4n) is 4.26. The maximum Gasteiger partial charge on any atom is 0.244 e. The first-order valence-electron chi connectivity index (χ1n) is 13.3. The molecule has 0 aliphatic heterocycles. The van der Waals surface area contributed by atoms with Gasteiger partial charge in [0.05, 0.1) is 11.9 Å². The molecule has 0 fully saturated rings. The number of carbonyl (C=O) groups excluding carboxylic acids is 3. The summed E-state index contributed by atoms with van der Waals surface area (Å²) in [6.07, 6.45) is 1.23. The molecule has 0 saturated heterocycles. The van der Waals surface area contributed by atoms with Gasteiger partial charge in [-0.3, -0.25) is 18.7 Å². The van der Waals surface area contributed by atoms with Gasteiger partial charge >= 0.3 is 0 Å². The Bertz CT molecular complexity index is 1460. The molecule has 0 heterocycles. The number of halogens is 1. The van der Waals surface area contributed by atoms with Crippen molar-refractivity contribution in [1.82, 2.24) is 10.2 Å². The first-order valence-corrected chi connectivity index (χ1v) is 15.5. The monoisotopic (exact) mass is 597 g/mol. The highest BCUT2D eigenvalue weighted by molar-refractivity contribution is 7.92. The first kappa shape index (κ1) is 31.8. The summed E-state index contributed by atoms with van der Waals surface area (Å²) in [6, 6.07) is 21.4. The van der Waals surface area contributed by atoms with Crippen LogP contribution in [0.1, 0.15) is 42.3 Å². The lowest BCUT2D eigenvalue weighted by molar-refractivity contribution is -0.140. The first-order chi connectivity index (χ1) is 19.3. The average Bonchev–Trinajstić information content (AvgIpc) is 2.93. The van der Waals surface area contributed by atoms with Crippen molar-refractivity contribution in [1.29, 1.82) is 0 Å². The van der Waals surface area contributed by atoms with Crippen LogP contribution < -0.4 is 9.62 Å². The Morgan fingerprint density at radius 1 is 0.902 bits per heavy atom. The minimum absolute atomic E-state index is 0.0493. The van der Waals surface area contributed by atoms with Gasteiger partial charge in [0.1, 0.15) is 12.6 Å². The van der Waals surface area contributed by atoms with E-state index >= 15 is 0 Å². The summed E-state index contributed by atoms with van der Waals surface area (Å²) >= 11 is 6.08. The largest absolute Gasteiger partial charge is 0.354 e. The topological polar surface area (TPSA) is 104 Å². The predicted octanol–water partition coefficient (Wildman–Crippen LogP) is 4.72. The van der Waals surface area contributed by atoms with E-state index in [4.69, 9.17) is 11.6 Å². The van der Waals surface area contributed by atoms with Crippen LogP contribution in [-0.2, 0) is 32.6 Å². The lowest BCUT2D eigenvalue weighted by Gasteiger charge is -2.33. The van der Waals surface area contributed by atoms with Gasteiger partial charge in [-0.05, 0) is 48.2 Å². The number of hydrogen-bond acceptors (Lipinski definition) is 5. The van der Waals surface area contributed by atoms with E-state index in [1.807, 2.05) is 44.2 Å². The number of sulfonamides is 1. The molecule has 2 amide bonds. The molecule has 1 N–H and O–H groups in total. The summed E-state index contributed by atoms with van der Waals surface area (Å²) in [4.78, 5) is 41.1. The van der Waals surface area contributed by atoms with Gasteiger partial charge in [-0.2, -0.15) is 0 Å². The summed E-state index contributed by atoms with van der Waals surface area (Å²) in [7, 11) is -3.94. The molecule has 0 aromatic heterocycles. The molecule has 3 rings (SSSR count). The Labute approximate surface area is 247 Å². The molecular formula is C31H36ClN3O5S. The van der Waals surface area contributed by atoms with Gasteiger partial charge in [-0.15, -0.1) is 0 Å². The molecule has 0 spiro atoms. The molecule has 0 bridgehead atoms. The standard InChI is InChI=1S/C31H36ClN3O5S/c1-22(2)19-33-31(38)29(17-24-9-6-5-7-10-24)34(20-25-13-15-27(32)16-14-25)30(37)21-35(41(4,39)40)28-12-8-11-26(18-28)23(3)36/h5-16,18,22,29H,17,19-21H2,1-4H3,(H,33,38). The zero-order valence-corrected chi connectivity index (χ0v) is 25.3. The lowest BCUT2D eigenvalue weighted by Crippen LogP contribution is -2.53. The van der Waals surface area contributed by atoms with Crippen LogP contribution >= 0.6 is 11.6 Å². The van der Waals surface area contributed by atoms with E-state index in [1.165, 1.54) is 24.0 Å². The zero-order valence-electron chi connectivity index (χ0n) is 23.7. The second kappa shape index (κ2) is 14.3. The SMILES string of the molecule is CC(=O)c1cccc(N(CC(=O)N(Cc2ccc(Cl)cc2)C(Cc2ccccc2)C(=O)NCC(C)C)S(C)(=O)=O)c1. The van der Waals surface area contributed by atoms with Crippen molar-refractivity contribution >= 4 is 44.9 Å². The summed E-state index contributed by atoms with van der Waals surface area (Å²) < 4.78 is 26.8. The van der Waals surface area contributed by atoms with Gasteiger partial charge in [0.25, 0.3) is 0 Å². The maximum atomic E-state index is 14.1. The fourth-order valence-corrected chi connectivity index (χ4v) is 5.22. The number of ketones is 1. The van der Waals surface area contributed by atoms with Crippen molar-refractivity contribution in [2.45, 2.75) is 39.8 Å². The van der Waals surface area contributed by atoms with Gasteiger partial charge in [0.15, 0.2) is 5.78 Å². The highest BCUT2D eigenvalue weighted by Crippen LogP contribution is 2.22. The van der Waals surface area contributed by atoms with Crippen molar-refractivity contribution in [2.75, 3.05) is 23.7 Å². The smallest absolute Gasteiger partial charge is 0.244 e. The molecule has 0 aliphatic rings. The van der Waals surface area contributed by atoms with Crippen molar-refractivity contribution in [3.05, 3.63) is 101 Å². The van der Waals surface area contributed by atoms with E-state index in [9.17, 15) is 22.8 Å². The van der Waals surface area contributed by atoms with Gasteiger partial charge in [0.2, 0.25) is 21.8 Å². The minimum Gasteiger partial charge on any atom is -0.354 e. The van der Waals surface area contributed by atoms with Gasteiger partial charge in [-0.1, -0.05) is 80.0 Å². The van der Waals surface area contributed by atoms with Gasteiger partial charge in [-0.25, -0.2) is 8.42 Å². The Balaban J connectivity index is 2.06. The maximum absolute atomic E-state index is 14.1. The molecule has 0 saturated carbocycles. The quantitative estimate of drug-likeness (QED) is 0.287. The van der Waals surface area contributed by atoms with E-state index in [0.29, 0.717) is 17.1 Å². The molecule has 0 aliphatic carbocycles. The minimum atomic E-state index is -3.94. The Kier molecular flexibility index (Phi) is 11.1. The molecule has 3 aromatic carbocycles. The fraction of sp³-hybridized carbons (Fsp3) is 0.323. The average molecular weight is 598 g/mol. The third-order valence-electron chi connectivity index (χ3n) is 6.44. The second-order valence-corrected chi connectivity index (χ2v) is 12.7. The third kappa shape index (κ3) is 9.43. The third-order valence-corrected chi connectivity index (χ3v) is 7.83. The van der Waals surface area contributed by atoms with Crippen LogP contribution in [0.5, 0.6) is 0 Å². The van der Waals surface area contributed by atoms with Gasteiger partial charge in [0, 0.05) is 30.1 Å². The summed E-state index contributed by atoms with van der Waals surface area (Å²) in [6.45, 7) is 5.24. The predicted molar refractivity (Wildman–Crippen MR) is 162 cm³/mol. The van der Waals surface area contributed by atoms with Crippen LogP contribution in [-0.4, -0.2) is 56.3 Å². The number of nitrogens with one attached hydrogen (secondary N) is 1. The normalized spacial score (nSPS) is 12.0. The molecule has 1 unspecified atom stereocenters. The number of benzene rings is 3. The number of nitrogens with zero attached hydrogens (tertiary/aromatic N) is 2. The highest BCUT2D eigenvalue weighted by Gasteiger charge is 2.33. The van der Waals surface area contributed by atoms with E-state index in [2.05, 4.69) is 5.32 Å². The highest BCUT2D eigenvalue weighted by atomic mass is 35.5. The molecule has 8 nitrogen and oxygen atoms in total. The Morgan fingerprint density at radius 2 is 1.56 bits per heavy atom. The molecule has 3 aromatic rings. The molecule has 218 valence electrons. The molecule has 0 radical (unpaired) electrons.